The second kappa shape index (κ2) is 6.45. The summed E-state index contributed by atoms with van der Waals surface area (Å²) in [5.41, 5.74) is 5.96. The zero-order valence-corrected chi connectivity index (χ0v) is 13.3. The lowest BCUT2D eigenvalue weighted by Gasteiger charge is -2.25. The average molecular weight is 313 g/mol. The van der Waals surface area contributed by atoms with E-state index < -0.39 is 17.1 Å². The summed E-state index contributed by atoms with van der Waals surface area (Å²) in [6, 6.07) is 9.65. The van der Waals surface area contributed by atoms with E-state index in [0.29, 0.717) is 18.6 Å². The molecule has 0 saturated carbocycles. The van der Waals surface area contributed by atoms with E-state index in [1.807, 2.05) is 44.2 Å². The molecule has 2 N–H and O–H groups in total. The number of esters is 1. The maximum atomic E-state index is 12.2. The first kappa shape index (κ1) is 17.5. The van der Waals surface area contributed by atoms with Crippen molar-refractivity contribution in [1.29, 1.82) is 0 Å². The van der Waals surface area contributed by atoms with Crippen LogP contribution in [0, 0.1) is 0 Å². The minimum absolute atomic E-state index is 0. The molecule has 1 aliphatic heterocycles. The van der Waals surface area contributed by atoms with Gasteiger partial charge in [0.25, 0.3) is 0 Å². The standard InChI is InChI=1S/C15H20N2O3.ClH/c1-14(2,16)12-10-15(20-17-12,13(18)19-3)9-11-7-5-4-6-8-11;/h4-8H,9-10,16H2,1-3H3;1H. The molecule has 1 unspecified atom stereocenters. The van der Waals surface area contributed by atoms with Crippen LogP contribution in [0.4, 0.5) is 0 Å². The van der Waals surface area contributed by atoms with Gasteiger partial charge < -0.3 is 15.3 Å². The van der Waals surface area contributed by atoms with E-state index in [1.165, 1.54) is 7.11 Å². The summed E-state index contributed by atoms with van der Waals surface area (Å²) < 4.78 is 4.89. The lowest BCUT2D eigenvalue weighted by Crippen LogP contribution is -2.47. The van der Waals surface area contributed by atoms with Crippen LogP contribution in [-0.2, 0) is 20.8 Å². The molecule has 1 atom stereocenters. The zero-order valence-electron chi connectivity index (χ0n) is 12.5. The van der Waals surface area contributed by atoms with Gasteiger partial charge in [0, 0.05) is 12.8 Å². The number of rotatable bonds is 4. The molecular weight excluding hydrogens is 292 g/mol. The Hall–Kier alpha value is -1.59. The first-order valence-electron chi connectivity index (χ1n) is 6.54. The molecule has 1 heterocycles. The molecule has 0 saturated heterocycles. The van der Waals surface area contributed by atoms with Crippen LogP contribution in [-0.4, -0.2) is 29.9 Å². The maximum Gasteiger partial charge on any atom is 0.353 e. The molecule has 0 aromatic heterocycles. The summed E-state index contributed by atoms with van der Waals surface area (Å²) in [6.07, 6.45) is 0.752. The highest BCUT2D eigenvalue weighted by Crippen LogP contribution is 2.32. The van der Waals surface area contributed by atoms with Crippen molar-refractivity contribution in [3.05, 3.63) is 35.9 Å². The molecule has 0 radical (unpaired) electrons. The van der Waals surface area contributed by atoms with Crippen molar-refractivity contribution >= 4 is 24.1 Å². The Morgan fingerprint density at radius 2 is 2.05 bits per heavy atom. The smallest absolute Gasteiger partial charge is 0.353 e. The lowest BCUT2D eigenvalue weighted by molar-refractivity contribution is -0.166. The van der Waals surface area contributed by atoms with Crippen LogP contribution in [0.3, 0.4) is 0 Å². The molecule has 0 spiro atoms. The van der Waals surface area contributed by atoms with Crippen molar-refractivity contribution in [2.75, 3.05) is 7.11 Å². The fourth-order valence-corrected chi connectivity index (χ4v) is 2.21. The fraction of sp³-hybridized carbons (Fsp3) is 0.467. The summed E-state index contributed by atoms with van der Waals surface area (Å²) >= 11 is 0. The van der Waals surface area contributed by atoms with E-state index in [1.54, 1.807) is 0 Å². The number of nitrogens with zero attached hydrogens (tertiary/aromatic N) is 1. The molecule has 1 aliphatic rings. The summed E-state index contributed by atoms with van der Waals surface area (Å²) in [7, 11) is 1.35. The molecule has 2 rings (SSSR count). The lowest BCUT2D eigenvalue weighted by atomic mass is 9.85. The predicted molar refractivity (Wildman–Crippen MR) is 83.5 cm³/mol. The van der Waals surface area contributed by atoms with E-state index >= 15 is 0 Å². The highest BCUT2D eigenvalue weighted by molar-refractivity contribution is 5.98. The van der Waals surface area contributed by atoms with Crippen LogP contribution in [0.25, 0.3) is 0 Å². The monoisotopic (exact) mass is 312 g/mol. The number of carbonyl (C=O) groups excluding carboxylic acids is 1. The number of oxime groups is 1. The number of carbonyl (C=O) groups is 1. The first-order valence-corrected chi connectivity index (χ1v) is 6.54. The van der Waals surface area contributed by atoms with E-state index in [4.69, 9.17) is 15.3 Å². The number of halogens is 1. The van der Waals surface area contributed by atoms with Crippen molar-refractivity contribution in [3.63, 3.8) is 0 Å². The molecule has 1 aromatic carbocycles. The molecular formula is C15H21ClN2O3. The topological polar surface area (TPSA) is 73.9 Å². The van der Waals surface area contributed by atoms with Crippen molar-refractivity contribution in [2.24, 2.45) is 10.9 Å². The molecule has 5 nitrogen and oxygen atoms in total. The van der Waals surface area contributed by atoms with E-state index in [0.717, 1.165) is 5.56 Å². The molecule has 0 fully saturated rings. The fourth-order valence-electron chi connectivity index (χ4n) is 2.21. The molecule has 116 valence electrons. The van der Waals surface area contributed by atoms with Crippen molar-refractivity contribution in [2.45, 2.75) is 37.8 Å². The van der Waals surface area contributed by atoms with Gasteiger partial charge in [0.15, 0.2) is 0 Å². The second-order valence-corrected chi connectivity index (χ2v) is 5.68. The molecule has 0 bridgehead atoms. The Morgan fingerprint density at radius 1 is 1.43 bits per heavy atom. The Bertz CT molecular complexity index is 525. The van der Waals surface area contributed by atoms with Gasteiger partial charge in [0.05, 0.1) is 18.4 Å². The normalized spacial score (nSPS) is 21.0. The first-order chi connectivity index (χ1) is 9.37. The van der Waals surface area contributed by atoms with E-state index in [-0.39, 0.29) is 12.4 Å². The third-order valence-corrected chi connectivity index (χ3v) is 3.42. The van der Waals surface area contributed by atoms with E-state index in [9.17, 15) is 4.79 Å². The summed E-state index contributed by atoms with van der Waals surface area (Å²) in [6.45, 7) is 3.68. The third-order valence-electron chi connectivity index (χ3n) is 3.42. The number of benzene rings is 1. The molecule has 0 aliphatic carbocycles. The van der Waals surface area contributed by atoms with Crippen molar-refractivity contribution < 1.29 is 14.4 Å². The van der Waals surface area contributed by atoms with Gasteiger partial charge in [0.1, 0.15) is 0 Å². The number of hydrogen-bond donors (Lipinski definition) is 1. The minimum Gasteiger partial charge on any atom is -0.466 e. The van der Waals surface area contributed by atoms with Gasteiger partial charge in [-0.25, -0.2) is 4.79 Å². The van der Waals surface area contributed by atoms with Crippen molar-refractivity contribution in [1.82, 2.24) is 0 Å². The Kier molecular flexibility index (Phi) is 5.36. The van der Waals surface area contributed by atoms with E-state index in [2.05, 4.69) is 5.16 Å². The number of methoxy groups -OCH3 is 1. The molecule has 1 aromatic rings. The van der Waals surface area contributed by atoms with Gasteiger partial charge in [-0.2, -0.15) is 0 Å². The van der Waals surface area contributed by atoms with Gasteiger partial charge in [0.2, 0.25) is 5.60 Å². The van der Waals surface area contributed by atoms with Gasteiger partial charge in [-0.05, 0) is 19.4 Å². The van der Waals surface area contributed by atoms with Gasteiger partial charge in [-0.3, -0.25) is 0 Å². The number of ether oxygens (including phenoxy) is 1. The predicted octanol–water partition coefficient (Wildman–Crippen LogP) is 2.08. The number of nitrogens with two attached hydrogens (primary N) is 1. The maximum absolute atomic E-state index is 12.2. The third kappa shape index (κ3) is 3.74. The second-order valence-electron chi connectivity index (χ2n) is 5.68. The highest BCUT2D eigenvalue weighted by atomic mass is 35.5. The summed E-state index contributed by atoms with van der Waals surface area (Å²) in [5.74, 6) is -0.427. The van der Waals surface area contributed by atoms with Crippen LogP contribution in [0.1, 0.15) is 25.8 Å². The van der Waals surface area contributed by atoms with Crippen LogP contribution < -0.4 is 5.73 Å². The number of hydrogen-bond acceptors (Lipinski definition) is 5. The van der Waals surface area contributed by atoms with Gasteiger partial charge in [-0.15, -0.1) is 12.4 Å². The summed E-state index contributed by atoms with van der Waals surface area (Å²) in [5, 5.41) is 4.02. The molecule has 6 heteroatoms. The Labute approximate surface area is 130 Å². The van der Waals surface area contributed by atoms with Crippen LogP contribution >= 0.6 is 12.4 Å². The zero-order chi connectivity index (χ0) is 14.8. The van der Waals surface area contributed by atoms with Crippen LogP contribution in [0.2, 0.25) is 0 Å². The van der Waals surface area contributed by atoms with Gasteiger partial charge >= 0.3 is 5.97 Å². The van der Waals surface area contributed by atoms with Crippen molar-refractivity contribution in [3.8, 4) is 0 Å². The average Bonchev–Trinajstić information content (AvgIpc) is 2.84. The quantitative estimate of drug-likeness (QED) is 0.864. The SMILES string of the molecule is COC(=O)C1(Cc2ccccc2)CC(C(C)(C)N)=NO1.Cl. The van der Waals surface area contributed by atoms with Gasteiger partial charge in [-0.1, -0.05) is 35.5 Å². The minimum atomic E-state index is -1.11. The summed E-state index contributed by atoms with van der Waals surface area (Å²) in [4.78, 5) is 17.6. The van der Waals surface area contributed by atoms with Crippen LogP contribution in [0.5, 0.6) is 0 Å². The van der Waals surface area contributed by atoms with Crippen LogP contribution in [0.15, 0.2) is 35.5 Å². The molecule has 0 amide bonds. The highest BCUT2D eigenvalue weighted by Gasteiger charge is 2.49. The largest absolute Gasteiger partial charge is 0.466 e. The molecule has 21 heavy (non-hydrogen) atoms. The Balaban J connectivity index is 0.00000220. The Morgan fingerprint density at radius 3 is 2.52 bits per heavy atom.